The predicted octanol–water partition coefficient (Wildman–Crippen LogP) is 2.92. The molecule has 0 atom stereocenters. The zero-order chi connectivity index (χ0) is 24.7. The number of hydrogen-bond donors (Lipinski definition) is 4. The second-order valence-electron chi connectivity index (χ2n) is 7.78. The van der Waals surface area contributed by atoms with Gasteiger partial charge in [0.25, 0.3) is 5.91 Å². The molecule has 2 aromatic rings. The molecular formula is C23H30ClN7O2S. The number of nitrogens with one attached hydrogen (secondary N) is 2. The first kappa shape index (κ1) is 25.8. The SMILES string of the molecule is C=C(Nc1cc(N2CCN(CCO)CC2)nc(C)n1)S/C(=C\N)C(=O)Nc1c(C)cccc1Cl. The van der Waals surface area contributed by atoms with Crippen molar-refractivity contribution in [3.63, 3.8) is 0 Å². The maximum atomic E-state index is 12.8. The van der Waals surface area contributed by atoms with Gasteiger partial charge in [-0.1, -0.05) is 42.1 Å². The molecule has 0 unspecified atom stereocenters. The van der Waals surface area contributed by atoms with E-state index in [1.54, 1.807) is 6.07 Å². The van der Waals surface area contributed by atoms with Crippen LogP contribution in [0.4, 0.5) is 17.3 Å². The molecule has 2 heterocycles. The summed E-state index contributed by atoms with van der Waals surface area (Å²) in [6, 6.07) is 7.26. The van der Waals surface area contributed by atoms with Gasteiger partial charge in [0.15, 0.2) is 0 Å². The highest BCUT2D eigenvalue weighted by molar-refractivity contribution is 8.07. The number of β-amino-alcohol motifs (C(OH)–C–C–N with tert-alkyl or cyclic N) is 1. The number of piperazine rings is 1. The van der Waals surface area contributed by atoms with E-state index >= 15 is 0 Å². The molecule has 34 heavy (non-hydrogen) atoms. The van der Waals surface area contributed by atoms with Crippen LogP contribution in [-0.2, 0) is 4.79 Å². The van der Waals surface area contributed by atoms with Gasteiger partial charge in [0.1, 0.15) is 17.5 Å². The third-order valence-electron chi connectivity index (χ3n) is 5.27. The minimum Gasteiger partial charge on any atom is -0.404 e. The fourth-order valence-corrected chi connectivity index (χ4v) is 4.44. The summed E-state index contributed by atoms with van der Waals surface area (Å²) in [7, 11) is 0. The molecule has 3 rings (SSSR count). The van der Waals surface area contributed by atoms with Gasteiger partial charge in [-0.15, -0.1) is 0 Å². The normalized spacial score (nSPS) is 14.7. The maximum absolute atomic E-state index is 12.8. The van der Waals surface area contributed by atoms with E-state index in [9.17, 15) is 4.79 Å². The highest BCUT2D eigenvalue weighted by Crippen LogP contribution is 2.30. The summed E-state index contributed by atoms with van der Waals surface area (Å²) in [5, 5.41) is 16.0. The largest absolute Gasteiger partial charge is 0.404 e. The van der Waals surface area contributed by atoms with Crippen LogP contribution >= 0.6 is 23.4 Å². The van der Waals surface area contributed by atoms with Crippen molar-refractivity contribution in [2.24, 2.45) is 5.73 Å². The van der Waals surface area contributed by atoms with Gasteiger partial charge in [-0.25, -0.2) is 9.97 Å². The van der Waals surface area contributed by atoms with Crippen LogP contribution in [0.5, 0.6) is 0 Å². The quantitative estimate of drug-likeness (QED) is 0.383. The molecule has 0 spiro atoms. The number of aryl methyl sites for hydroxylation is 2. The van der Waals surface area contributed by atoms with Gasteiger partial charge in [0.05, 0.1) is 27.3 Å². The molecule has 0 radical (unpaired) electrons. The lowest BCUT2D eigenvalue weighted by atomic mass is 10.2. The molecule has 1 aromatic carbocycles. The van der Waals surface area contributed by atoms with E-state index in [0.29, 0.717) is 33.9 Å². The molecule has 9 nitrogen and oxygen atoms in total. The van der Waals surface area contributed by atoms with Gasteiger partial charge in [-0.05, 0) is 25.5 Å². The fourth-order valence-electron chi connectivity index (χ4n) is 3.54. The fraction of sp³-hybridized carbons (Fsp3) is 0.348. The lowest BCUT2D eigenvalue weighted by molar-refractivity contribution is -0.112. The molecule has 5 N–H and O–H groups in total. The number of thioether (sulfide) groups is 1. The van der Waals surface area contributed by atoms with Gasteiger partial charge < -0.3 is 26.4 Å². The number of carbonyl (C=O) groups is 1. The number of anilines is 3. The van der Waals surface area contributed by atoms with Gasteiger partial charge in [-0.3, -0.25) is 9.69 Å². The Bertz CT molecular complexity index is 1050. The first-order valence-electron chi connectivity index (χ1n) is 10.9. The van der Waals surface area contributed by atoms with E-state index in [1.165, 1.54) is 6.20 Å². The van der Waals surface area contributed by atoms with Crippen LogP contribution in [0.15, 0.2) is 47.0 Å². The van der Waals surface area contributed by atoms with Crippen molar-refractivity contribution in [3.05, 3.63) is 63.4 Å². The van der Waals surface area contributed by atoms with Crippen molar-refractivity contribution in [2.75, 3.05) is 54.9 Å². The highest BCUT2D eigenvalue weighted by atomic mass is 35.5. The number of carbonyl (C=O) groups excluding carboxylic acids is 1. The van der Waals surface area contributed by atoms with E-state index in [-0.39, 0.29) is 17.4 Å². The number of amides is 1. The molecule has 11 heteroatoms. The van der Waals surface area contributed by atoms with Crippen molar-refractivity contribution in [1.82, 2.24) is 14.9 Å². The second kappa shape index (κ2) is 12.1. The number of benzene rings is 1. The molecule has 1 amide bonds. The molecule has 0 saturated carbocycles. The van der Waals surface area contributed by atoms with Gasteiger partial charge >= 0.3 is 0 Å². The summed E-state index contributed by atoms with van der Waals surface area (Å²) in [5.74, 6) is 1.64. The molecule has 1 aliphatic rings. The Balaban J connectivity index is 1.63. The van der Waals surface area contributed by atoms with E-state index in [0.717, 1.165) is 49.3 Å². The van der Waals surface area contributed by atoms with Gasteiger partial charge in [0, 0.05) is 45.0 Å². The zero-order valence-electron chi connectivity index (χ0n) is 19.3. The van der Waals surface area contributed by atoms with Gasteiger partial charge in [-0.2, -0.15) is 0 Å². The predicted molar refractivity (Wildman–Crippen MR) is 140 cm³/mol. The number of nitrogens with two attached hydrogens (primary N) is 1. The lowest BCUT2D eigenvalue weighted by Gasteiger charge is -2.35. The van der Waals surface area contributed by atoms with Crippen LogP contribution in [0.25, 0.3) is 0 Å². The number of rotatable bonds is 9. The van der Waals surface area contributed by atoms with E-state index in [1.807, 2.05) is 32.0 Å². The smallest absolute Gasteiger partial charge is 0.264 e. The van der Waals surface area contributed by atoms with Crippen LogP contribution in [-0.4, -0.2) is 65.2 Å². The number of hydrogen-bond acceptors (Lipinski definition) is 9. The van der Waals surface area contributed by atoms with Crippen LogP contribution in [0.2, 0.25) is 5.02 Å². The average molecular weight is 504 g/mol. The van der Waals surface area contributed by atoms with Crippen molar-refractivity contribution >= 4 is 46.6 Å². The van der Waals surface area contributed by atoms with Crippen molar-refractivity contribution in [3.8, 4) is 0 Å². The Morgan fingerprint density at radius 1 is 1.26 bits per heavy atom. The van der Waals surface area contributed by atoms with Crippen molar-refractivity contribution < 1.29 is 9.90 Å². The Kier molecular flexibility index (Phi) is 9.17. The Morgan fingerprint density at radius 3 is 2.65 bits per heavy atom. The zero-order valence-corrected chi connectivity index (χ0v) is 20.9. The van der Waals surface area contributed by atoms with Crippen molar-refractivity contribution in [1.29, 1.82) is 0 Å². The Hall–Kier alpha value is -2.79. The highest BCUT2D eigenvalue weighted by Gasteiger charge is 2.19. The minimum atomic E-state index is -0.382. The molecule has 0 aliphatic carbocycles. The maximum Gasteiger partial charge on any atom is 0.264 e. The molecule has 1 saturated heterocycles. The molecule has 0 bridgehead atoms. The lowest BCUT2D eigenvalue weighted by Crippen LogP contribution is -2.47. The molecule has 1 aromatic heterocycles. The monoisotopic (exact) mass is 503 g/mol. The second-order valence-corrected chi connectivity index (χ2v) is 9.32. The van der Waals surface area contributed by atoms with Crippen LogP contribution in [0.1, 0.15) is 11.4 Å². The first-order valence-corrected chi connectivity index (χ1v) is 12.1. The van der Waals surface area contributed by atoms with Crippen LogP contribution < -0.4 is 21.3 Å². The number of nitrogens with zero attached hydrogens (tertiary/aromatic N) is 4. The number of halogens is 1. The number of aliphatic hydroxyl groups is 1. The standard InChI is InChI=1S/C23H30ClN7O2S/c1-15-5-4-6-18(24)22(15)29-23(33)19(14-25)34-17(3)28-20-13-21(27-16(2)26-20)31-9-7-30(8-10-31)11-12-32/h4-6,13-14,32H,3,7-12,25H2,1-2H3,(H,29,33)(H,26,27,28)/b19-14-. The van der Waals surface area contributed by atoms with E-state index in [2.05, 4.69) is 37.0 Å². The molecular weight excluding hydrogens is 474 g/mol. The van der Waals surface area contributed by atoms with E-state index in [4.69, 9.17) is 22.4 Å². The summed E-state index contributed by atoms with van der Waals surface area (Å²) in [4.78, 5) is 26.5. The first-order chi connectivity index (χ1) is 16.3. The third-order valence-corrected chi connectivity index (χ3v) is 6.48. The minimum absolute atomic E-state index is 0.162. The van der Waals surface area contributed by atoms with Crippen LogP contribution in [0, 0.1) is 13.8 Å². The van der Waals surface area contributed by atoms with Gasteiger partial charge in [0.2, 0.25) is 0 Å². The summed E-state index contributed by atoms with van der Waals surface area (Å²) in [6.07, 6.45) is 1.24. The topological polar surface area (TPSA) is 120 Å². The summed E-state index contributed by atoms with van der Waals surface area (Å²) >= 11 is 7.32. The Morgan fingerprint density at radius 2 is 2.00 bits per heavy atom. The summed E-state index contributed by atoms with van der Waals surface area (Å²) < 4.78 is 0. The van der Waals surface area contributed by atoms with Crippen molar-refractivity contribution in [2.45, 2.75) is 13.8 Å². The number of para-hydroxylation sites is 1. The van der Waals surface area contributed by atoms with Crippen LogP contribution in [0.3, 0.4) is 0 Å². The van der Waals surface area contributed by atoms with E-state index < -0.39 is 0 Å². The summed E-state index contributed by atoms with van der Waals surface area (Å²) in [5.41, 5.74) is 7.12. The summed E-state index contributed by atoms with van der Waals surface area (Å²) in [6.45, 7) is 11.9. The average Bonchev–Trinajstić information content (AvgIpc) is 2.80. The molecule has 182 valence electrons. The molecule has 1 aliphatic heterocycles. The number of aromatic nitrogens is 2. The third kappa shape index (κ3) is 6.86. The number of aliphatic hydroxyl groups excluding tert-OH is 1. The molecule has 1 fully saturated rings. The Labute approximate surface area is 209 Å².